The number of imidazole rings is 1. The van der Waals surface area contributed by atoms with E-state index in [1.807, 2.05) is 11.5 Å². The molecule has 9 heteroatoms. The van der Waals surface area contributed by atoms with Crippen molar-refractivity contribution in [3.05, 3.63) is 47.2 Å². The molecule has 0 atom stereocenters. The standard InChI is InChI=1S/C19H23N3O5S/c1-6-22-17-8-7-14(28(24,25)21(4)5)10-16(17)20-18(22)11-26-19(23)15-9-12(2)27-13(15)3/h7-10H,6,11H2,1-5H3. The Kier molecular flexibility index (Phi) is 5.31. The largest absolute Gasteiger partial charge is 0.466 e. The summed E-state index contributed by atoms with van der Waals surface area (Å²) in [6, 6.07) is 6.45. The van der Waals surface area contributed by atoms with E-state index in [1.165, 1.54) is 20.2 Å². The minimum Gasteiger partial charge on any atom is -0.466 e. The van der Waals surface area contributed by atoms with Gasteiger partial charge in [0.2, 0.25) is 10.0 Å². The van der Waals surface area contributed by atoms with Gasteiger partial charge in [-0.2, -0.15) is 0 Å². The number of benzene rings is 1. The molecular weight excluding hydrogens is 382 g/mol. The lowest BCUT2D eigenvalue weighted by atomic mass is 10.2. The van der Waals surface area contributed by atoms with E-state index in [0.717, 1.165) is 9.82 Å². The molecule has 0 N–H and O–H groups in total. The van der Waals surface area contributed by atoms with Crippen molar-refractivity contribution in [1.29, 1.82) is 0 Å². The molecule has 0 amide bonds. The Balaban J connectivity index is 1.91. The first-order chi connectivity index (χ1) is 13.1. The zero-order chi connectivity index (χ0) is 20.6. The summed E-state index contributed by atoms with van der Waals surface area (Å²) in [5.74, 6) is 1.20. The van der Waals surface area contributed by atoms with Crippen LogP contribution in [0.4, 0.5) is 0 Å². The third-order valence-corrected chi connectivity index (χ3v) is 6.30. The molecule has 0 saturated carbocycles. The van der Waals surface area contributed by atoms with Crippen LogP contribution in [0.2, 0.25) is 0 Å². The molecule has 0 unspecified atom stereocenters. The van der Waals surface area contributed by atoms with Gasteiger partial charge in [0.05, 0.1) is 15.9 Å². The summed E-state index contributed by atoms with van der Waals surface area (Å²) >= 11 is 0. The summed E-state index contributed by atoms with van der Waals surface area (Å²) < 4.78 is 38.5. The normalized spacial score (nSPS) is 12.1. The highest BCUT2D eigenvalue weighted by Gasteiger charge is 2.21. The third-order valence-electron chi connectivity index (χ3n) is 4.49. The average Bonchev–Trinajstić information content (AvgIpc) is 3.17. The molecule has 8 nitrogen and oxygen atoms in total. The number of esters is 1. The van der Waals surface area contributed by atoms with Crippen molar-refractivity contribution in [3.63, 3.8) is 0 Å². The second-order valence-corrected chi connectivity index (χ2v) is 8.77. The number of carbonyl (C=O) groups is 1. The van der Waals surface area contributed by atoms with Crippen molar-refractivity contribution in [2.45, 2.75) is 38.8 Å². The fourth-order valence-electron chi connectivity index (χ4n) is 3.04. The lowest BCUT2D eigenvalue weighted by Gasteiger charge is -2.11. The van der Waals surface area contributed by atoms with Crippen molar-refractivity contribution in [2.75, 3.05) is 14.1 Å². The number of ether oxygens (including phenoxy) is 1. The molecular formula is C19H23N3O5S. The fourth-order valence-corrected chi connectivity index (χ4v) is 3.96. The lowest BCUT2D eigenvalue weighted by Crippen LogP contribution is -2.22. The van der Waals surface area contributed by atoms with Crippen molar-refractivity contribution in [2.24, 2.45) is 0 Å². The molecule has 0 aliphatic carbocycles. The predicted octanol–water partition coefficient (Wildman–Crippen LogP) is 2.87. The van der Waals surface area contributed by atoms with Gasteiger partial charge in [0.25, 0.3) is 0 Å². The molecule has 0 saturated heterocycles. The molecule has 0 aliphatic heterocycles. The molecule has 3 aromatic rings. The number of fused-ring (bicyclic) bond motifs is 1. The first-order valence-corrected chi connectivity index (χ1v) is 10.2. The molecule has 0 fully saturated rings. The highest BCUT2D eigenvalue weighted by Crippen LogP contribution is 2.23. The van der Waals surface area contributed by atoms with E-state index in [9.17, 15) is 13.2 Å². The first-order valence-electron chi connectivity index (χ1n) is 8.81. The fraction of sp³-hybridized carbons (Fsp3) is 0.368. The van der Waals surface area contributed by atoms with Gasteiger partial charge in [-0.15, -0.1) is 0 Å². The van der Waals surface area contributed by atoms with Gasteiger partial charge in [-0.1, -0.05) is 0 Å². The van der Waals surface area contributed by atoms with E-state index in [0.29, 0.717) is 35.0 Å². The monoisotopic (exact) mass is 405 g/mol. The van der Waals surface area contributed by atoms with Gasteiger partial charge in [0.1, 0.15) is 29.5 Å². The lowest BCUT2D eigenvalue weighted by molar-refractivity contribution is 0.0456. The van der Waals surface area contributed by atoms with Crippen LogP contribution in [-0.4, -0.2) is 42.3 Å². The van der Waals surface area contributed by atoms with Gasteiger partial charge in [0, 0.05) is 20.6 Å². The summed E-state index contributed by atoms with van der Waals surface area (Å²) in [6.07, 6.45) is 0. The van der Waals surface area contributed by atoms with Crippen molar-refractivity contribution < 1.29 is 22.4 Å². The van der Waals surface area contributed by atoms with Crippen molar-refractivity contribution in [3.8, 4) is 0 Å². The molecule has 0 aliphatic rings. The van der Waals surface area contributed by atoms with E-state index in [-0.39, 0.29) is 11.5 Å². The number of hydrogen-bond acceptors (Lipinski definition) is 6. The van der Waals surface area contributed by atoms with Crippen LogP contribution in [0, 0.1) is 13.8 Å². The molecule has 28 heavy (non-hydrogen) atoms. The maximum Gasteiger partial charge on any atom is 0.342 e. The Morgan fingerprint density at radius 2 is 1.96 bits per heavy atom. The molecule has 2 heterocycles. The number of furan rings is 1. The Hall–Kier alpha value is -2.65. The molecule has 2 aromatic heterocycles. The summed E-state index contributed by atoms with van der Waals surface area (Å²) in [5.41, 5.74) is 1.70. The Bertz CT molecular complexity index is 1140. The Labute approximate surface area is 163 Å². The number of carbonyl (C=O) groups excluding carboxylic acids is 1. The van der Waals surface area contributed by atoms with Gasteiger partial charge in [-0.3, -0.25) is 0 Å². The van der Waals surface area contributed by atoms with E-state index >= 15 is 0 Å². The number of nitrogens with zero attached hydrogens (tertiary/aromatic N) is 3. The van der Waals surface area contributed by atoms with Crippen LogP contribution in [0.3, 0.4) is 0 Å². The summed E-state index contributed by atoms with van der Waals surface area (Å²) in [7, 11) is -0.593. The van der Waals surface area contributed by atoms with Crippen LogP contribution in [0.25, 0.3) is 11.0 Å². The SMILES string of the molecule is CCn1c(COC(=O)c2cc(C)oc2C)nc2cc(S(=O)(=O)N(C)C)ccc21. The van der Waals surface area contributed by atoms with E-state index in [2.05, 4.69) is 4.98 Å². The molecule has 0 bridgehead atoms. The van der Waals surface area contributed by atoms with Crippen molar-refractivity contribution in [1.82, 2.24) is 13.9 Å². The molecule has 1 aromatic carbocycles. The van der Waals surface area contributed by atoms with Gasteiger partial charge >= 0.3 is 5.97 Å². The van der Waals surface area contributed by atoms with E-state index in [4.69, 9.17) is 9.15 Å². The first kappa shape index (κ1) is 20.1. The van der Waals surface area contributed by atoms with Gasteiger partial charge in [-0.25, -0.2) is 22.5 Å². The highest BCUT2D eigenvalue weighted by molar-refractivity contribution is 7.89. The zero-order valence-corrected chi connectivity index (χ0v) is 17.3. The summed E-state index contributed by atoms with van der Waals surface area (Å²) in [4.78, 5) is 17.0. The predicted molar refractivity (Wildman–Crippen MR) is 104 cm³/mol. The Morgan fingerprint density at radius 1 is 1.25 bits per heavy atom. The van der Waals surface area contributed by atoms with E-state index in [1.54, 1.807) is 32.0 Å². The second kappa shape index (κ2) is 7.40. The topological polar surface area (TPSA) is 94.6 Å². The van der Waals surface area contributed by atoms with Crippen molar-refractivity contribution >= 4 is 27.0 Å². The maximum absolute atomic E-state index is 12.4. The van der Waals surface area contributed by atoms with Crippen LogP contribution in [0.1, 0.15) is 34.6 Å². The number of sulfonamides is 1. The molecule has 3 rings (SSSR count). The van der Waals surface area contributed by atoms with Crippen LogP contribution < -0.4 is 0 Å². The van der Waals surface area contributed by atoms with E-state index < -0.39 is 16.0 Å². The summed E-state index contributed by atoms with van der Waals surface area (Å²) in [6.45, 7) is 5.99. The van der Waals surface area contributed by atoms with Gasteiger partial charge in [0.15, 0.2) is 0 Å². The van der Waals surface area contributed by atoms with Gasteiger partial charge < -0.3 is 13.7 Å². The number of aromatic nitrogens is 2. The van der Waals surface area contributed by atoms with Crippen LogP contribution in [0.15, 0.2) is 33.6 Å². The Morgan fingerprint density at radius 3 is 2.54 bits per heavy atom. The second-order valence-electron chi connectivity index (χ2n) is 6.61. The van der Waals surface area contributed by atoms with Gasteiger partial charge in [-0.05, 0) is 45.0 Å². The number of hydrogen-bond donors (Lipinski definition) is 0. The smallest absolute Gasteiger partial charge is 0.342 e. The minimum absolute atomic E-state index is 0.0270. The zero-order valence-electron chi connectivity index (χ0n) is 16.5. The number of rotatable bonds is 6. The number of aryl methyl sites for hydroxylation is 3. The maximum atomic E-state index is 12.4. The molecule has 150 valence electrons. The van der Waals surface area contributed by atoms with Crippen LogP contribution in [-0.2, 0) is 27.9 Å². The van der Waals surface area contributed by atoms with Crippen LogP contribution >= 0.6 is 0 Å². The molecule has 0 spiro atoms. The highest BCUT2D eigenvalue weighted by atomic mass is 32.2. The molecule has 0 radical (unpaired) electrons. The third kappa shape index (κ3) is 3.55. The summed E-state index contributed by atoms with van der Waals surface area (Å²) in [5, 5.41) is 0. The minimum atomic E-state index is -3.55. The average molecular weight is 405 g/mol. The quantitative estimate of drug-likeness (QED) is 0.585. The van der Waals surface area contributed by atoms with Crippen LogP contribution in [0.5, 0.6) is 0 Å².